The number of ether oxygens (including phenoxy) is 2. The second-order valence-corrected chi connectivity index (χ2v) is 9.99. The Morgan fingerprint density at radius 1 is 0.765 bits per heavy atom. The molecule has 0 unspecified atom stereocenters. The predicted molar refractivity (Wildman–Crippen MR) is 139 cm³/mol. The molecule has 176 valence electrons. The predicted octanol–water partition coefficient (Wildman–Crippen LogP) is 5.27. The number of benzene rings is 2. The zero-order valence-corrected chi connectivity index (χ0v) is 21.1. The third-order valence-electron chi connectivity index (χ3n) is 6.00. The van der Waals surface area contributed by atoms with Crippen molar-refractivity contribution in [3.63, 3.8) is 0 Å². The molecular formula is C26H28N4O2S2. The van der Waals surface area contributed by atoms with Gasteiger partial charge in [-0.3, -0.25) is 9.80 Å². The molecule has 1 aliphatic heterocycles. The van der Waals surface area contributed by atoms with Gasteiger partial charge in [0.15, 0.2) is 0 Å². The van der Waals surface area contributed by atoms with E-state index in [0.717, 1.165) is 77.7 Å². The molecule has 1 aliphatic rings. The fraction of sp³-hybridized carbons (Fsp3) is 0.308. The van der Waals surface area contributed by atoms with Gasteiger partial charge in [-0.1, -0.05) is 30.3 Å². The summed E-state index contributed by atoms with van der Waals surface area (Å²) in [7, 11) is 3.34. The van der Waals surface area contributed by atoms with Crippen molar-refractivity contribution in [1.82, 2.24) is 19.8 Å². The molecule has 0 saturated carbocycles. The summed E-state index contributed by atoms with van der Waals surface area (Å²) >= 11 is 3.39. The van der Waals surface area contributed by atoms with Crippen molar-refractivity contribution in [2.75, 3.05) is 40.4 Å². The van der Waals surface area contributed by atoms with Gasteiger partial charge < -0.3 is 9.47 Å². The summed E-state index contributed by atoms with van der Waals surface area (Å²) in [6, 6.07) is 16.3. The van der Waals surface area contributed by atoms with E-state index in [9.17, 15) is 0 Å². The Bertz CT molecular complexity index is 1220. The number of hydrogen-bond donors (Lipinski definition) is 0. The van der Waals surface area contributed by atoms with Gasteiger partial charge in [-0.05, 0) is 12.1 Å². The van der Waals surface area contributed by atoms with Gasteiger partial charge in [-0.2, -0.15) is 0 Å². The van der Waals surface area contributed by atoms with Crippen molar-refractivity contribution in [3.05, 3.63) is 70.7 Å². The Labute approximate surface area is 208 Å². The minimum absolute atomic E-state index is 0.782. The normalized spacial score (nSPS) is 14.9. The summed E-state index contributed by atoms with van der Waals surface area (Å²) in [4.78, 5) is 14.7. The van der Waals surface area contributed by atoms with Crippen molar-refractivity contribution in [1.29, 1.82) is 0 Å². The highest BCUT2D eigenvalue weighted by Gasteiger charge is 2.20. The van der Waals surface area contributed by atoms with Crippen LogP contribution < -0.4 is 9.47 Å². The van der Waals surface area contributed by atoms with E-state index in [1.165, 1.54) is 5.56 Å². The van der Waals surface area contributed by atoms with E-state index in [-0.39, 0.29) is 0 Å². The highest BCUT2D eigenvalue weighted by Crippen LogP contribution is 2.35. The van der Waals surface area contributed by atoms with Crippen LogP contribution in [0.5, 0.6) is 11.5 Å². The molecule has 0 bridgehead atoms. The van der Waals surface area contributed by atoms with Gasteiger partial charge in [0.1, 0.15) is 21.5 Å². The van der Waals surface area contributed by atoms with Crippen molar-refractivity contribution in [3.8, 4) is 32.6 Å². The smallest absolute Gasteiger partial charge is 0.132 e. The third-order valence-corrected chi connectivity index (χ3v) is 7.86. The molecule has 4 aromatic rings. The minimum Gasteiger partial charge on any atom is -0.497 e. The number of aromatic nitrogens is 2. The maximum Gasteiger partial charge on any atom is 0.132 e. The molecule has 0 radical (unpaired) electrons. The SMILES string of the molecule is COc1ccc(-c2nc(CN3CCN(Cc4csc(-c5ccccc5)n4)CC3)cs2)c(OC)c1. The number of hydrogen-bond acceptors (Lipinski definition) is 8. The number of nitrogens with zero attached hydrogens (tertiary/aromatic N) is 4. The van der Waals surface area contributed by atoms with E-state index in [0.29, 0.717) is 0 Å². The molecule has 1 fully saturated rings. The molecule has 2 aromatic heterocycles. The van der Waals surface area contributed by atoms with Crippen LogP contribution in [0.1, 0.15) is 11.4 Å². The first-order valence-electron chi connectivity index (χ1n) is 11.3. The summed E-state index contributed by atoms with van der Waals surface area (Å²) in [5.74, 6) is 1.57. The molecule has 1 saturated heterocycles. The van der Waals surface area contributed by atoms with Crippen molar-refractivity contribution in [2.24, 2.45) is 0 Å². The third kappa shape index (κ3) is 5.31. The fourth-order valence-corrected chi connectivity index (χ4v) is 5.79. The molecular weight excluding hydrogens is 464 g/mol. The lowest BCUT2D eigenvalue weighted by molar-refractivity contribution is 0.120. The molecule has 0 amide bonds. The maximum absolute atomic E-state index is 5.56. The van der Waals surface area contributed by atoms with Crippen LogP contribution in [0.15, 0.2) is 59.3 Å². The fourth-order valence-electron chi connectivity index (χ4n) is 4.14. The summed E-state index contributed by atoms with van der Waals surface area (Å²) in [5.41, 5.74) is 4.47. The lowest BCUT2D eigenvalue weighted by Crippen LogP contribution is -2.45. The number of methoxy groups -OCH3 is 2. The van der Waals surface area contributed by atoms with Crippen LogP contribution >= 0.6 is 22.7 Å². The first-order chi connectivity index (χ1) is 16.7. The molecule has 0 atom stereocenters. The number of piperazine rings is 1. The average molecular weight is 493 g/mol. The van der Waals surface area contributed by atoms with Gasteiger partial charge in [0.25, 0.3) is 0 Å². The van der Waals surface area contributed by atoms with Crippen LogP contribution in [0.3, 0.4) is 0 Å². The average Bonchev–Trinajstić information content (AvgIpc) is 3.55. The van der Waals surface area contributed by atoms with E-state index < -0.39 is 0 Å². The standard InChI is InChI=1S/C26H28N4O2S2/c1-31-22-8-9-23(24(14-22)32-2)26-28-21(18-34-26)16-30-12-10-29(11-13-30)15-20-17-33-25(27-20)19-6-4-3-5-7-19/h3-9,14,17-18H,10-13,15-16H2,1-2H3. The quantitative estimate of drug-likeness (QED) is 0.334. The van der Waals surface area contributed by atoms with Crippen LogP contribution in [0.25, 0.3) is 21.1 Å². The van der Waals surface area contributed by atoms with Gasteiger partial charge in [-0.25, -0.2) is 9.97 Å². The first-order valence-corrected chi connectivity index (χ1v) is 13.1. The summed E-state index contributed by atoms with van der Waals surface area (Å²) in [6.45, 7) is 5.94. The molecule has 3 heterocycles. The Hall–Kier alpha value is -2.78. The van der Waals surface area contributed by atoms with Crippen LogP contribution in [-0.2, 0) is 13.1 Å². The largest absolute Gasteiger partial charge is 0.497 e. The number of thiazole rings is 2. The molecule has 0 aliphatic carbocycles. The highest BCUT2D eigenvalue weighted by atomic mass is 32.1. The summed E-state index contributed by atoms with van der Waals surface area (Å²) in [5, 5.41) is 6.43. The Kier molecular flexibility index (Phi) is 7.20. The molecule has 0 N–H and O–H groups in total. The van der Waals surface area contributed by atoms with Crippen molar-refractivity contribution >= 4 is 22.7 Å². The van der Waals surface area contributed by atoms with E-state index in [1.54, 1.807) is 36.9 Å². The molecule has 5 rings (SSSR count). The van der Waals surface area contributed by atoms with E-state index in [1.807, 2.05) is 24.3 Å². The minimum atomic E-state index is 0.782. The molecule has 6 nitrogen and oxygen atoms in total. The van der Waals surface area contributed by atoms with E-state index >= 15 is 0 Å². The van der Waals surface area contributed by atoms with Gasteiger partial charge in [0.05, 0.1) is 31.2 Å². The number of rotatable bonds is 8. The van der Waals surface area contributed by atoms with Crippen LogP contribution in [0, 0.1) is 0 Å². The lowest BCUT2D eigenvalue weighted by atomic mass is 10.2. The van der Waals surface area contributed by atoms with Gasteiger partial charge >= 0.3 is 0 Å². The monoisotopic (exact) mass is 492 g/mol. The van der Waals surface area contributed by atoms with E-state index in [4.69, 9.17) is 19.4 Å². The van der Waals surface area contributed by atoms with E-state index in [2.05, 4.69) is 44.8 Å². The van der Waals surface area contributed by atoms with Crippen LogP contribution in [0.2, 0.25) is 0 Å². The summed E-state index contributed by atoms with van der Waals surface area (Å²) in [6.07, 6.45) is 0. The zero-order chi connectivity index (χ0) is 23.3. The Morgan fingerprint density at radius 3 is 2.00 bits per heavy atom. The maximum atomic E-state index is 5.56. The van der Waals surface area contributed by atoms with Crippen LogP contribution in [-0.4, -0.2) is 60.2 Å². The van der Waals surface area contributed by atoms with Gasteiger partial charge in [-0.15, -0.1) is 22.7 Å². The molecule has 8 heteroatoms. The Balaban J connectivity index is 1.15. The first kappa shape index (κ1) is 23.0. The van der Waals surface area contributed by atoms with Crippen LogP contribution in [0.4, 0.5) is 0 Å². The second kappa shape index (κ2) is 10.7. The molecule has 0 spiro atoms. The van der Waals surface area contributed by atoms with Crippen molar-refractivity contribution < 1.29 is 9.47 Å². The lowest BCUT2D eigenvalue weighted by Gasteiger charge is -2.33. The van der Waals surface area contributed by atoms with Gasteiger partial charge in [0, 0.05) is 61.7 Å². The van der Waals surface area contributed by atoms with Gasteiger partial charge in [0.2, 0.25) is 0 Å². The van der Waals surface area contributed by atoms with Crippen molar-refractivity contribution in [2.45, 2.75) is 13.1 Å². The molecule has 2 aromatic carbocycles. The summed E-state index contributed by atoms with van der Waals surface area (Å²) < 4.78 is 10.9. The highest BCUT2D eigenvalue weighted by molar-refractivity contribution is 7.13. The Morgan fingerprint density at radius 2 is 1.38 bits per heavy atom. The topological polar surface area (TPSA) is 50.7 Å². The second-order valence-electron chi connectivity index (χ2n) is 8.27. The molecule has 34 heavy (non-hydrogen) atoms. The zero-order valence-electron chi connectivity index (χ0n) is 19.4.